The van der Waals surface area contributed by atoms with Crippen LogP contribution < -0.4 is 19.7 Å². The lowest BCUT2D eigenvalue weighted by Gasteiger charge is -2.15. The van der Waals surface area contributed by atoms with Gasteiger partial charge < -0.3 is 14.8 Å². The molecule has 1 aliphatic rings. The Hall–Kier alpha value is -3.62. The van der Waals surface area contributed by atoms with Gasteiger partial charge in [0.25, 0.3) is 11.8 Å². The van der Waals surface area contributed by atoms with Gasteiger partial charge in [-0.05, 0) is 73.4 Å². The van der Waals surface area contributed by atoms with Crippen LogP contribution in [0, 0.1) is 6.92 Å². The zero-order valence-corrected chi connectivity index (χ0v) is 22.6. The molecule has 1 heterocycles. The van der Waals surface area contributed by atoms with Crippen LogP contribution in [-0.2, 0) is 16.0 Å². The van der Waals surface area contributed by atoms with Crippen molar-refractivity contribution in [1.29, 1.82) is 0 Å². The molecular formula is C29H28N2O4S2. The van der Waals surface area contributed by atoms with Crippen LogP contribution in [0.4, 0.5) is 11.4 Å². The number of amides is 2. The van der Waals surface area contributed by atoms with Gasteiger partial charge in [0.1, 0.15) is 0 Å². The number of aryl methyl sites for hydroxylation is 2. The lowest BCUT2D eigenvalue weighted by molar-refractivity contribution is -0.118. The van der Waals surface area contributed by atoms with E-state index in [4.69, 9.17) is 21.7 Å². The zero-order valence-electron chi connectivity index (χ0n) is 20.9. The molecule has 0 bridgehead atoms. The van der Waals surface area contributed by atoms with Crippen LogP contribution >= 0.6 is 24.0 Å². The SMILES string of the molecule is CCOc1cc(/C=C2\SC(=S)N(c3cccc(C)c3)C2=O)ccc1OCC(=O)Nc1ccccc1CC. The molecule has 0 atom stereocenters. The van der Waals surface area contributed by atoms with E-state index in [1.54, 1.807) is 23.1 Å². The maximum absolute atomic E-state index is 13.1. The second kappa shape index (κ2) is 12.1. The number of rotatable bonds is 9. The summed E-state index contributed by atoms with van der Waals surface area (Å²) < 4.78 is 12.0. The van der Waals surface area contributed by atoms with Gasteiger partial charge in [-0.15, -0.1) is 0 Å². The molecule has 8 heteroatoms. The Bertz CT molecular complexity index is 1370. The number of thioether (sulfide) groups is 1. The van der Waals surface area contributed by atoms with Crippen LogP contribution in [0.5, 0.6) is 11.5 Å². The molecule has 0 unspecified atom stereocenters. The fourth-order valence-corrected chi connectivity index (χ4v) is 5.19. The molecule has 1 N–H and O–H groups in total. The summed E-state index contributed by atoms with van der Waals surface area (Å²) in [6.45, 7) is 6.15. The molecule has 0 aliphatic carbocycles. The van der Waals surface area contributed by atoms with E-state index < -0.39 is 0 Å². The number of anilines is 2. The fourth-order valence-electron chi connectivity index (χ4n) is 3.89. The molecule has 37 heavy (non-hydrogen) atoms. The number of thiocarbonyl (C=S) groups is 1. The summed E-state index contributed by atoms with van der Waals surface area (Å²) in [5.74, 6) is 0.521. The highest BCUT2D eigenvalue weighted by atomic mass is 32.2. The molecule has 0 aromatic heterocycles. The van der Waals surface area contributed by atoms with E-state index >= 15 is 0 Å². The zero-order chi connectivity index (χ0) is 26.4. The third-order valence-corrected chi connectivity index (χ3v) is 6.95. The topological polar surface area (TPSA) is 67.9 Å². The van der Waals surface area contributed by atoms with Gasteiger partial charge in [-0.25, -0.2) is 0 Å². The van der Waals surface area contributed by atoms with Crippen LogP contribution in [0.25, 0.3) is 6.08 Å². The Morgan fingerprint density at radius 2 is 1.84 bits per heavy atom. The molecule has 0 spiro atoms. The van der Waals surface area contributed by atoms with Gasteiger partial charge in [0.15, 0.2) is 22.4 Å². The second-order valence-electron chi connectivity index (χ2n) is 8.34. The smallest absolute Gasteiger partial charge is 0.270 e. The minimum Gasteiger partial charge on any atom is -0.490 e. The number of carbonyl (C=O) groups excluding carboxylic acids is 2. The highest BCUT2D eigenvalue weighted by molar-refractivity contribution is 8.27. The third-order valence-electron chi connectivity index (χ3n) is 5.65. The molecule has 0 saturated carbocycles. The summed E-state index contributed by atoms with van der Waals surface area (Å²) in [4.78, 5) is 27.7. The van der Waals surface area contributed by atoms with Crippen molar-refractivity contribution in [3.8, 4) is 11.5 Å². The summed E-state index contributed by atoms with van der Waals surface area (Å²) >= 11 is 6.75. The first-order chi connectivity index (χ1) is 17.9. The number of para-hydroxylation sites is 1. The quantitative estimate of drug-likeness (QED) is 0.255. The summed E-state index contributed by atoms with van der Waals surface area (Å²) in [5.41, 5.74) is 4.41. The molecular weight excluding hydrogens is 504 g/mol. The lowest BCUT2D eigenvalue weighted by atomic mass is 10.1. The normalized spacial score (nSPS) is 14.2. The summed E-state index contributed by atoms with van der Waals surface area (Å²) in [7, 11) is 0. The van der Waals surface area contributed by atoms with Gasteiger partial charge in [-0.3, -0.25) is 14.5 Å². The Morgan fingerprint density at radius 3 is 2.59 bits per heavy atom. The average Bonchev–Trinajstić information content (AvgIpc) is 3.16. The molecule has 0 radical (unpaired) electrons. The maximum atomic E-state index is 13.1. The minimum absolute atomic E-state index is 0.160. The Labute approximate surface area is 226 Å². The molecule has 2 amide bonds. The predicted molar refractivity (Wildman–Crippen MR) is 154 cm³/mol. The first-order valence-corrected chi connectivity index (χ1v) is 13.2. The Morgan fingerprint density at radius 1 is 1.03 bits per heavy atom. The molecule has 6 nitrogen and oxygen atoms in total. The van der Waals surface area contributed by atoms with Gasteiger partial charge in [0.2, 0.25) is 0 Å². The van der Waals surface area contributed by atoms with E-state index in [-0.39, 0.29) is 18.4 Å². The van der Waals surface area contributed by atoms with Crippen molar-refractivity contribution in [3.63, 3.8) is 0 Å². The molecule has 4 rings (SSSR count). The molecule has 1 saturated heterocycles. The molecule has 3 aromatic carbocycles. The van der Waals surface area contributed by atoms with Crippen molar-refractivity contribution in [2.75, 3.05) is 23.4 Å². The second-order valence-corrected chi connectivity index (χ2v) is 10.0. The largest absolute Gasteiger partial charge is 0.490 e. The monoisotopic (exact) mass is 532 g/mol. The van der Waals surface area contributed by atoms with Crippen molar-refractivity contribution in [1.82, 2.24) is 0 Å². The van der Waals surface area contributed by atoms with Crippen LogP contribution in [-0.4, -0.2) is 29.3 Å². The van der Waals surface area contributed by atoms with Crippen LogP contribution in [0.3, 0.4) is 0 Å². The van der Waals surface area contributed by atoms with E-state index in [2.05, 4.69) is 5.32 Å². The Balaban J connectivity index is 1.48. The third kappa shape index (κ3) is 6.39. The van der Waals surface area contributed by atoms with Crippen molar-refractivity contribution in [2.45, 2.75) is 27.2 Å². The van der Waals surface area contributed by atoms with Crippen molar-refractivity contribution >= 4 is 57.6 Å². The van der Waals surface area contributed by atoms with E-state index in [1.165, 1.54) is 11.8 Å². The lowest BCUT2D eigenvalue weighted by Crippen LogP contribution is -2.27. The van der Waals surface area contributed by atoms with Gasteiger partial charge in [-0.1, -0.05) is 67.3 Å². The van der Waals surface area contributed by atoms with E-state index in [9.17, 15) is 9.59 Å². The Kier molecular flexibility index (Phi) is 8.63. The van der Waals surface area contributed by atoms with Crippen LogP contribution in [0.15, 0.2) is 71.6 Å². The molecule has 3 aromatic rings. The number of carbonyl (C=O) groups is 2. The molecule has 190 valence electrons. The first kappa shape index (κ1) is 26.4. The summed E-state index contributed by atoms with van der Waals surface area (Å²) in [5, 5.41) is 2.90. The number of ether oxygens (including phenoxy) is 2. The van der Waals surface area contributed by atoms with Gasteiger partial charge >= 0.3 is 0 Å². The number of nitrogens with one attached hydrogen (secondary N) is 1. The molecule has 1 fully saturated rings. The van der Waals surface area contributed by atoms with Gasteiger partial charge in [0.05, 0.1) is 17.2 Å². The number of nitrogens with zero attached hydrogens (tertiary/aromatic N) is 1. The van der Waals surface area contributed by atoms with Crippen molar-refractivity contribution in [3.05, 3.63) is 88.3 Å². The number of benzene rings is 3. The maximum Gasteiger partial charge on any atom is 0.270 e. The first-order valence-electron chi connectivity index (χ1n) is 12.0. The summed E-state index contributed by atoms with van der Waals surface area (Å²) in [6.07, 6.45) is 2.60. The fraction of sp³-hybridized carbons (Fsp3) is 0.207. The van der Waals surface area contributed by atoms with E-state index in [0.717, 1.165) is 34.5 Å². The average molecular weight is 533 g/mol. The van der Waals surface area contributed by atoms with E-state index in [0.29, 0.717) is 27.3 Å². The van der Waals surface area contributed by atoms with E-state index in [1.807, 2.05) is 75.4 Å². The highest BCUT2D eigenvalue weighted by Crippen LogP contribution is 2.37. The van der Waals surface area contributed by atoms with Crippen LogP contribution in [0.2, 0.25) is 0 Å². The van der Waals surface area contributed by atoms with Crippen LogP contribution in [0.1, 0.15) is 30.5 Å². The summed E-state index contributed by atoms with van der Waals surface area (Å²) in [6, 6.07) is 20.7. The number of hydrogen-bond donors (Lipinski definition) is 1. The minimum atomic E-state index is -0.257. The van der Waals surface area contributed by atoms with Crippen molar-refractivity contribution in [2.24, 2.45) is 0 Å². The molecule has 1 aliphatic heterocycles. The van der Waals surface area contributed by atoms with Gasteiger partial charge in [-0.2, -0.15) is 0 Å². The standard InChI is InChI=1S/C29H28N2O4S2/c1-4-21-10-6-7-12-23(21)30-27(32)18-35-24-14-13-20(16-25(24)34-5-2)17-26-28(33)31(29(36)37-26)22-11-8-9-19(3)15-22/h6-17H,4-5,18H2,1-3H3,(H,30,32)/b26-17-. The van der Waals surface area contributed by atoms with Gasteiger partial charge in [0, 0.05) is 5.69 Å². The number of hydrogen-bond acceptors (Lipinski definition) is 6. The van der Waals surface area contributed by atoms with Crippen molar-refractivity contribution < 1.29 is 19.1 Å². The highest BCUT2D eigenvalue weighted by Gasteiger charge is 2.33. The predicted octanol–water partition coefficient (Wildman–Crippen LogP) is 6.38.